The molecule has 0 spiro atoms. The quantitative estimate of drug-likeness (QED) is 0.613. The van der Waals surface area contributed by atoms with E-state index < -0.39 is 5.91 Å². The summed E-state index contributed by atoms with van der Waals surface area (Å²) in [5.74, 6) is 0.607. The summed E-state index contributed by atoms with van der Waals surface area (Å²) < 4.78 is 10.0. The first-order valence-corrected chi connectivity index (χ1v) is 4.86. The van der Waals surface area contributed by atoms with Gasteiger partial charge in [0.2, 0.25) is 0 Å². The summed E-state index contributed by atoms with van der Waals surface area (Å²) >= 11 is 0. The van der Waals surface area contributed by atoms with Gasteiger partial charge in [-0.2, -0.15) is 5.10 Å². The molecule has 2 aromatic rings. The molecule has 0 saturated heterocycles. The monoisotopic (exact) mass is 234 g/mol. The Labute approximate surface area is 96.5 Å². The van der Waals surface area contributed by atoms with Gasteiger partial charge in [0.1, 0.15) is 18.1 Å². The average molecular weight is 234 g/mol. The molecule has 0 aliphatic rings. The Balaban J connectivity index is 1.91. The molecular weight excluding hydrogens is 224 g/mol. The van der Waals surface area contributed by atoms with E-state index in [-0.39, 0.29) is 12.4 Å². The Bertz CT molecular complexity index is 513. The standard InChI is InChI=1S/C11H10N2O4/c14-7-9-4-3-8(17-9)6-12-13-11(15)10-2-1-5-16-10/h1-6,14H,7H2,(H,13,15)/b12-6+. The number of hydrogen-bond donors (Lipinski definition) is 2. The summed E-state index contributed by atoms with van der Waals surface area (Å²) in [6.07, 6.45) is 2.73. The van der Waals surface area contributed by atoms with E-state index in [1.807, 2.05) is 0 Å². The number of carbonyl (C=O) groups is 1. The molecule has 88 valence electrons. The molecule has 0 bridgehead atoms. The number of hydrazone groups is 1. The fraction of sp³-hybridized carbons (Fsp3) is 0.0909. The van der Waals surface area contributed by atoms with Crippen molar-refractivity contribution in [3.8, 4) is 0 Å². The van der Waals surface area contributed by atoms with E-state index in [0.717, 1.165) is 0 Å². The lowest BCUT2D eigenvalue weighted by Crippen LogP contribution is -2.16. The topological polar surface area (TPSA) is 88.0 Å². The fourth-order valence-electron chi connectivity index (χ4n) is 1.17. The van der Waals surface area contributed by atoms with Crippen LogP contribution in [-0.4, -0.2) is 17.2 Å². The van der Waals surface area contributed by atoms with E-state index in [0.29, 0.717) is 11.5 Å². The lowest BCUT2D eigenvalue weighted by Gasteiger charge is -1.93. The second kappa shape index (κ2) is 5.13. The number of rotatable bonds is 4. The molecule has 0 aliphatic heterocycles. The largest absolute Gasteiger partial charge is 0.459 e. The molecule has 1 amide bonds. The highest BCUT2D eigenvalue weighted by molar-refractivity contribution is 5.92. The normalized spacial score (nSPS) is 10.9. The van der Waals surface area contributed by atoms with E-state index in [4.69, 9.17) is 13.9 Å². The van der Waals surface area contributed by atoms with Gasteiger partial charge in [-0.25, -0.2) is 5.43 Å². The van der Waals surface area contributed by atoms with Gasteiger partial charge in [-0.1, -0.05) is 0 Å². The summed E-state index contributed by atoms with van der Waals surface area (Å²) in [4.78, 5) is 11.4. The molecule has 0 aromatic carbocycles. The third-order valence-electron chi connectivity index (χ3n) is 1.94. The Morgan fingerprint density at radius 1 is 1.47 bits per heavy atom. The third kappa shape index (κ3) is 2.82. The minimum Gasteiger partial charge on any atom is -0.459 e. The highest BCUT2D eigenvalue weighted by Crippen LogP contribution is 2.05. The van der Waals surface area contributed by atoms with Crippen molar-refractivity contribution in [2.45, 2.75) is 6.61 Å². The number of aliphatic hydroxyl groups excluding tert-OH is 1. The highest BCUT2D eigenvalue weighted by atomic mass is 16.4. The summed E-state index contributed by atoms with van der Waals surface area (Å²) in [7, 11) is 0. The maximum Gasteiger partial charge on any atom is 0.307 e. The van der Waals surface area contributed by atoms with Gasteiger partial charge < -0.3 is 13.9 Å². The van der Waals surface area contributed by atoms with Gasteiger partial charge in [-0.3, -0.25) is 4.79 Å². The molecule has 2 N–H and O–H groups in total. The molecule has 0 atom stereocenters. The second-order valence-corrected chi connectivity index (χ2v) is 3.14. The van der Waals surface area contributed by atoms with Gasteiger partial charge in [0.05, 0.1) is 12.5 Å². The zero-order valence-corrected chi connectivity index (χ0v) is 8.79. The predicted molar refractivity (Wildman–Crippen MR) is 58.4 cm³/mol. The van der Waals surface area contributed by atoms with Crippen LogP contribution in [0.15, 0.2) is 44.5 Å². The molecule has 0 fully saturated rings. The van der Waals surface area contributed by atoms with Crippen LogP contribution < -0.4 is 5.43 Å². The first-order valence-electron chi connectivity index (χ1n) is 4.86. The van der Waals surface area contributed by atoms with Gasteiger partial charge >= 0.3 is 5.91 Å². The van der Waals surface area contributed by atoms with Gasteiger partial charge in [0, 0.05) is 0 Å². The minimum atomic E-state index is -0.444. The van der Waals surface area contributed by atoms with E-state index in [1.54, 1.807) is 18.2 Å². The Kier molecular flexibility index (Phi) is 3.37. The first-order chi connectivity index (χ1) is 8.29. The summed E-state index contributed by atoms with van der Waals surface area (Å²) in [5, 5.41) is 12.5. The van der Waals surface area contributed by atoms with Crippen molar-refractivity contribution in [2.75, 3.05) is 0 Å². The molecule has 2 aromatic heterocycles. The van der Waals surface area contributed by atoms with Crippen molar-refractivity contribution < 1.29 is 18.7 Å². The molecule has 0 unspecified atom stereocenters. The van der Waals surface area contributed by atoms with E-state index in [9.17, 15) is 4.79 Å². The molecule has 17 heavy (non-hydrogen) atoms. The summed E-state index contributed by atoms with van der Waals surface area (Å²) in [5.41, 5.74) is 2.28. The van der Waals surface area contributed by atoms with Gasteiger partial charge in [0.25, 0.3) is 0 Å². The lowest BCUT2D eigenvalue weighted by atomic mass is 10.4. The zero-order valence-electron chi connectivity index (χ0n) is 8.79. The number of hydrogen-bond acceptors (Lipinski definition) is 5. The Morgan fingerprint density at radius 2 is 2.35 bits per heavy atom. The third-order valence-corrected chi connectivity index (χ3v) is 1.94. The molecule has 0 radical (unpaired) electrons. The van der Waals surface area contributed by atoms with Crippen LogP contribution in [0.3, 0.4) is 0 Å². The van der Waals surface area contributed by atoms with Crippen LogP contribution in [0.25, 0.3) is 0 Å². The molecule has 0 saturated carbocycles. The number of aliphatic hydroxyl groups is 1. The zero-order chi connectivity index (χ0) is 12.1. The van der Waals surface area contributed by atoms with Crippen molar-refractivity contribution in [1.82, 2.24) is 5.43 Å². The smallest absolute Gasteiger partial charge is 0.307 e. The first kappa shape index (κ1) is 11.2. The van der Waals surface area contributed by atoms with Crippen molar-refractivity contribution in [1.29, 1.82) is 0 Å². The minimum absolute atomic E-state index is 0.174. The average Bonchev–Trinajstić information content (AvgIpc) is 3.00. The number of amides is 1. The van der Waals surface area contributed by atoms with Crippen molar-refractivity contribution >= 4 is 12.1 Å². The van der Waals surface area contributed by atoms with Crippen molar-refractivity contribution in [2.24, 2.45) is 5.10 Å². The van der Waals surface area contributed by atoms with E-state index in [1.165, 1.54) is 18.5 Å². The summed E-state index contributed by atoms with van der Waals surface area (Å²) in [6.45, 7) is -0.174. The van der Waals surface area contributed by atoms with Gasteiger partial charge in [-0.05, 0) is 24.3 Å². The Hall–Kier alpha value is -2.34. The summed E-state index contributed by atoms with van der Waals surface area (Å²) in [6, 6.07) is 6.39. The van der Waals surface area contributed by atoms with Crippen molar-refractivity contribution in [3.63, 3.8) is 0 Å². The maximum atomic E-state index is 11.4. The number of nitrogens with zero attached hydrogens (tertiary/aromatic N) is 1. The van der Waals surface area contributed by atoms with E-state index in [2.05, 4.69) is 10.5 Å². The van der Waals surface area contributed by atoms with Crippen LogP contribution in [0.4, 0.5) is 0 Å². The van der Waals surface area contributed by atoms with Gasteiger partial charge in [-0.15, -0.1) is 0 Å². The molecular formula is C11H10N2O4. The van der Waals surface area contributed by atoms with Crippen LogP contribution in [0.1, 0.15) is 22.1 Å². The molecule has 6 heteroatoms. The lowest BCUT2D eigenvalue weighted by molar-refractivity contribution is 0.0927. The van der Waals surface area contributed by atoms with Crippen LogP contribution in [0.5, 0.6) is 0 Å². The number of nitrogens with one attached hydrogen (secondary N) is 1. The number of carbonyl (C=O) groups excluding carboxylic acids is 1. The Morgan fingerprint density at radius 3 is 3.00 bits per heavy atom. The van der Waals surface area contributed by atoms with Crippen LogP contribution >= 0.6 is 0 Å². The fourth-order valence-corrected chi connectivity index (χ4v) is 1.17. The highest BCUT2D eigenvalue weighted by Gasteiger charge is 2.06. The van der Waals surface area contributed by atoms with Gasteiger partial charge in [0.15, 0.2) is 5.76 Å². The molecule has 2 heterocycles. The number of furan rings is 2. The maximum absolute atomic E-state index is 11.4. The van der Waals surface area contributed by atoms with Crippen molar-refractivity contribution in [3.05, 3.63) is 47.8 Å². The predicted octanol–water partition coefficient (Wildman–Crippen LogP) is 1.13. The SMILES string of the molecule is O=C(N/N=C/c1ccc(CO)o1)c1ccco1. The van der Waals surface area contributed by atoms with Crippen LogP contribution in [-0.2, 0) is 6.61 Å². The molecule has 2 rings (SSSR count). The van der Waals surface area contributed by atoms with Crippen LogP contribution in [0, 0.1) is 0 Å². The molecule has 6 nitrogen and oxygen atoms in total. The van der Waals surface area contributed by atoms with Crippen LogP contribution in [0.2, 0.25) is 0 Å². The second-order valence-electron chi connectivity index (χ2n) is 3.14. The van der Waals surface area contributed by atoms with E-state index >= 15 is 0 Å². The molecule has 0 aliphatic carbocycles.